The Kier molecular flexibility index (Phi) is 2.99. The molecular weight excluding hydrogens is 235 g/mol. The lowest BCUT2D eigenvalue weighted by Crippen LogP contribution is -2.19. The summed E-state index contributed by atoms with van der Waals surface area (Å²) in [7, 11) is 0. The zero-order chi connectivity index (χ0) is 12.3. The zero-order valence-electron chi connectivity index (χ0n) is 8.53. The predicted octanol–water partition coefficient (Wildman–Crippen LogP) is 2.41. The fourth-order valence-corrected chi connectivity index (χ4v) is 1.20. The summed E-state index contributed by atoms with van der Waals surface area (Å²) in [6, 6.07) is 4.71. The van der Waals surface area contributed by atoms with Crippen LogP contribution in [-0.4, -0.2) is 28.0 Å². The Bertz CT molecular complexity index is 465. The quantitative estimate of drug-likeness (QED) is 0.900. The van der Waals surface area contributed by atoms with Gasteiger partial charge >= 0.3 is 6.18 Å². The van der Waals surface area contributed by atoms with Crippen molar-refractivity contribution in [3.05, 3.63) is 30.6 Å². The number of halogens is 3. The average molecular weight is 243 g/mol. The Hall–Kier alpha value is -2.05. The summed E-state index contributed by atoms with van der Waals surface area (Å²) in [5, 5.41) is 6.48. The zero-order valence-corrected chi connectivity index (χ0v) is 8.53. The van der Waals surface area contributed by atoms with Crippen LogP contribution in [0, 0.1) is 0 Å². The van der Waals surface area contributed by atoms with E-state index in [4.69, 9.17) is 0 Å². The second-order valence-electron chi connectivity index (χ2n) is 3.26. The van der Waals surface area contributed by atoms with Crippen LogP contribution in [0.2, 0.25) is 0 Å². The minimum absolute atomic E-state index is 0.0643. The van der Waals surface area contributed by atoms with E-state index in [0.29, 0.717) is 0 Å². The second-order valence-corrected chi connectivity index (χ2v) is 3.26. The number of rotatable bonds is 3. The van der Waals surface area contributed by atoms with Crippen LogP contribution in [0.1, 0.15) is 0 Å². The van der Waals surface area contributed by atoms with Gasteiger partial charge in [-0.2, -0.15) is 18.3 Å². The highest BCUT2D eigenvalue weighted by Crippen LogP contribution is 2.20. The van der Waals surface area contributed by atoms with Crippen LogP contribution >= 0.6 is 0 Å². The SMILES string of the molecule is FC(F)(F)COc1ccc(-c2ccn[nH]2)cn1. The molecule has 0 aliphatic carbocycles. The largest absolute Gasteiger partial charge is 0.468 e. The molecule has 2 aromatic heterocycles. The molecule has 0 saturated heterocycles. The van der Waals surface area contributed by atoms with Crippen molar-refractivity contribution in [1.82, 2.24) is 15.2 Å². The Morgan fingerprint density at radius 2 is 2.06 bits per heavy atom. The van der Waals surface area contributed by atoms with Crippen LogP contribution in [-0.2, 0) is 0 Å². The number of nitrogens with zero attached hydrogens (tertiary/aromatic N) is 2. The van der Waals surface area contributed by atoms with Crippen molar-refractivity contribution in [2.75, 3.05) is 6.61 Å². The number of ether oxygens (including phenoxy) is 1. The normalized spacial score (nSPS) is 11.5. The van der Waals surface area contributed by atoms with Gasteiger partial charge in [0.2, 0.25) is 5.88 Å². The minimum Gasteiger partial charge on any atom is -0.468 e. The maximum Gasteiger partial charge on any atom is 0.422 e. The van der Waals surface area contributed by atoms with E-state index in [0.717, 1.165) is 11.3 Å². The number of nitrogens with one attached hydrogen (secondary N) is 1. The number of aromatic amines is 1. The first-order valence-electron chi connectivity index (χ1n) is 4.70. The number of aromatic nitrogens is 3. The highest BCUT2D eigenvalue weighted by molar-refractivity contribution is 5.57. The number of alkyl halides is 3. The fourth-order valence-electron chi connectivity index (χ4n) is 1.20. The van der Waals surface area contributed by atoms with Crippen LogP contribution in [0.25, 0.3) is 11.3 Å². The molecule has 0 spiro atoms. The molecule has 0 amide bonds. The molecule has 4 nitrogen and oxygen atoms in total. The third-order valence-corrected chi connectivity index (χ3v) is 1.93. The average Bonchev–Trinajstić information content (AvgIpc) is 2.79. The van der Waals surface area contributed by atoms with Crippen LogP contribution in [0.15, 0.2) is 30.6 Å². The first kappa shape index (κ1) is 11.4. The standard InChI is InChI=1S/C10H8F3N3O/c11-10(12,13)6-17-9-2-1-7(5-14-9)8-3-4-15-16-8/h1-5H,6H2,(H,15,16). The molecule has 0 fully saturated rings. The topological polar surface area (TPSA) is 50.8 Å². The summed E-state index contributed by atoms with van der Waals surface area (Å²) in [5.41, 5.74) is 1.46. The van der Waals surface area contributed by atoms with E-state index in [1.54, 1.807) is 18.3 Å². The minimum atomic E-state index is -4.36. The summed E-state index contributed by atoms with van der Waals surface area (Å²) >= 11 is 0. The van der Waals surface area contributed by atoms with Crippen LogP contribution in [0.3, 0.4) is 0 Å². The van der Waals surface area contributed by atoms with E-state index < -0.39 is 12.8 Å². The Morgan fingerprint density at radius 1 is 1.24 bits per heavy atom. The van der Waals surface area contributed by atoms with Crippen LogP contribution in [0.5, 0.6) is 5.88 Å². The Morgan fingerprint density at radius 3 is 2.59 bits per heavy atom. The first-order chi connectivity index (χ1) is 8.04. The van der Waals surface area contributed by atoms with Gasteiger partial charge in [-0.05, 0) is 12.1 Å². The van der Waals surface area contributed by atoms with Crippen molar-refractivity contribution in [2.24, 2.45) is 0 Å². The van der Waals surface area contributed by atoms with Gasteiger partial charge < -0.3 is 4.74 Å². The van der Waals surface area contributed by atoms with E-state index in [9.17, 15) is 13.2 Å². The van der Waals surface area contributed by atoms with E-state index in [1.807, 2.05) is 0 Å². The summed E-state index contributed by atoms with van der Waals surface area (Å²) < 4.78 is 40.1. The molecule has 0 atom stereocenters. The Balaban J connectivity index is 2.04. The molecule has 0 radical (unpaired) electrons. The van der Waals surface area contributed by atoms with Crippen molar-refractivity contribution >= 4 is 0 Å². The van der Waals surface area contributed by atoms with Gasteiger partial charge in [-0.25, -0.2) is 4.98 Å². The molecule has 2 rings (SSSR count). The maximum absolute atomic E-state index is 11.9. The van der Waals surface area contributed by atoms with Crippen molar-refractivity contribution in [2.45, 2.75) is 6.18 Å². The van der Waals surface area contributed by atoms with E-state index in [2.05, 4.69) is 19.9 Å². The van der Waals surface area contributed by atoms with Gasteiger partial charge in [0.15, 0.2) is 6.61 Å². The van der Waals surface area contributed by atoms with E-state index in [-0.39, 0.29) is 5.88 Å². The highest BCUT2D eigenvalue weighted by Gasteiger charge is 2.28. The van der Waals surface area contributed by atoms with Gasteiger partial charge in [-0.1, -0.05) is 0 Å². The van der Waals surface area contributed by atoms with Crippen molar-refractivity contribution in [1.29, 1.82) is 0 Å². The monoisotopic (exact) mass is 243 g/mol. The molecule has 2 aromatic rings. The third kappa shape index (κ3) is 3.20. The Labute approximate surface area is 94.4 Å². The molecular formula is C10H8F3N3O. The van der Waals surface area contributed by atoms with Gasteiger partial charge in [0.1, 0.15) is 0 Å². The molecule has 17 heavy (non-hydrogen) atoms. The number of H-pyrrole nitrogens is 1. The summed E-state index contributed by atoms with van der Waals surface area (Å²) in [6.07, 6.45) is -1.37. The highest BCUT2D eigenvalue weighted by atomic mass is 19.4. The molecule has 0 aromatic carbocycles. The molecule has 0 aliphatic rings. The molecule has 1 N–H and O–H groups in total. The summed E-state index contributed by atoms with van der Waals surface area (Å²) in [4.78, 5) is 3.77. The maximum atomic E-state index is 11.9. The molecule has 0 aliphatic heterocycles. The number of hydrogen-bond donors (Lipinski definition) is 1. The summed E-state index contributed by atoms with van der Waals surface area (Å²) in [6.45, 7) is -1.34. The third-order valence-electron chi connectivity index (χ3n) is 1.93. The molecule has 0 saturated carbocycles. The number of hydrogen-bond acceptors (Lipinski definition) is 3. The van der Waals surface area contributed by atoms with Gasteiger partial charge in [-0.3, -0.25) is 5.10 Å². The lowest BCUT2D eigenvalue weighted by atomic mass is 10.2. The smallest absolute Gasteiger partial charge is 0.422 e. The predicted molar refractivity (Wildman–Crippen MR) is 53.4 cm³/mol. The molecule has 2 heterocycles. The van der Waals surface area contributed by atoms with Gasteiger partial charge in [0.05, 0.1) is 5.69 Å². The molecule has 7 heteroatoms. The second kappa shape index (κ2) is 4.44. The van der Waals surface area contributed by atoms with Gasteiger partial charge in [0.25, 0.3) is 0 Å². The fraction of sp³-hybridized carbons (Fsp3) is 0.200. The van der Waals surface area contributed by atoms with Crippen molar-refractivity contribution in [3.63, 3.8) is 0 Å². The van der Waals surface area contributed by atoms with E-state index in [1.165, 1.54) is 12.3 Å². The van der Waals surface area contributed by atoms with Gasteiger partial charge in [-0.15, -0.1) is 0 Å². The molecule has 90 valence electrons. The van der Waals surface area contributed by atoms with Crippen molar-refractivity contribution < 1.29 is 17.9 Å². The number of pyridine rings is 1. The van der Waals surface area contributed by atoms with E-state index >= 15 is 0 Å². The molecule has 0 unspecified atom stereocenters. The van der Waals surface area contributed by atoms with Crippen LogP contribution in [0.4, 0.5) is 13.2 Å². The lowest BCUT2D eigenvalue weighted by molar-refractivity contribution is -0.154. The van der Waals surface area contributed by atoms with Crippen LogP contribution < -0.4 is 4.74 Å². The van der Waals surface area contributed by atoms with Crippen molar-refractivity contribution in [3.8, 4) is 17.1 Å². The summed E-state index contributed by atoms with van der Waals surface area (Å²) in [5.74, 6) is -0.0643. The lowest BCUT2D eigenvalue weighted by Gasteiger charge is -2.08. The first-order valence-corrected chi connectivity index (χ1v) is 4.70. The van der Waals surface area contributed by atoms with Gasteiger partial charge in [0, 0.05) is 24.0 Å². The molecule has 0 bridgehead atoms.